The third-order valence-electron chi connectivity index (χ3n) is 3.43. The minimum Gasteiger partial charge on any atom is -0.130 e. The van der Waals surface area contributed by atoms with Gasteiger partial charge in [0.15, 0.2) is 0 Å². The van der Waals surface area contributed by atoms with Gasteiger partial charge in [-0.1, -0.05) is 24.3 Å². The highest BCUT2D eigenvalue weighted by Gasteiger charge is 2.29. The number of halogens is 3. The first kappa shape index (κ1) is 13.2. The fourth-order valence-electron chi connectivity index (χ4n) is 2.53. The fourth-order valence-corrected chi connectivity index (χ4v) is 5.07. The van der Waals surface area contributed by atoms with Crippen LogP contribution in [0.1, 0.15) is 21.4 Å². The second-order valence-corrected chi connectivity index (χ2v) is 8.34. The van der Waals surface area contributed by atoms with Crippen LogP contribution < -0.4 is 0 Å². The maximum absolute atomic E-state index is 6.66. The molecule has 0 amide bonds. The molecular formula is C14H11Br2ClS. The highest BCUT2D eigenvalue weighted by Crippen LogP contribution is 2.44. The molecule has 1 aromatic heterocycles. The van der Waals surface area contributed by atoms with E-state index in [9.17, 15) is 0 Å². The number of benzene rings is 1. The highest BCUT2D eigenvalue weighted by molar-refractivity contribution is 9.13. The van der Waals surface area contributed by atoms with Gasteiger partial charge in [0.2, 0.25) is 0 Å². The summed E-state index contributed by atoms with van der Waals surface area (Å²) in [4.78, 5) is 1.24. The smallest absolute Gasteiger partial charge is 0.0843 e. The van der Waals surface area contributed by atoms with E-state index in [0.717, 1.165) is 21.1 Å². The van der Waals surface area contributed by atoms with Crippen LogP contribution in [0.4, 0.5) is 0 Å². The lowest BCUT2D eigenvalue weighted by Crippen LogP contribution is -2.06. The molecular weight excluding hydrogens is 395 g/mol. The van der Waals surface area contributed by atoms with Gasteiger partial charge in [-0.15, -0.1) is 22.9 Å². The normalized spacial score (nSPS) is 16.8. The summed E-state index contributed by atoms with van der Waals surface area (Å²) in [6.45, 7) is 0. The molecule has 0 bridgehead atoms. The number of rotatable bonds is 2. The Balaban J connectivity index is 1.82. The topological polar surface area (TPSA) is 0 Å². The summed E-state index contributed by atoms with van der Waals surface area (Å²) in [6, 6.07) is 10.8. The predicted molar refractivity (Wildman–Crippen MR) is 85.7 cm³/mol. The first-order valence-corrected chi connectivity index (χ1v) is 8.64. The molecule has 18 heavy (non-hydrogen) atoms. The van der Waals surface area contributed by atoms with E-state index in [2.05, 4.69) is 62.2 Å². The van der Waals surface area contributed by atoms with Crippen molar-refractivity contribution in [2.45, 2.75) is 18.2 Å². The van der Waals surface area contributed by atoms with Gasteiger partial charge < -0.3 is 0 Å². The number of hydrogen-bond acceptors (Lipinski definition) is 1. The van der Waals surface area contributed by atoms with Crippen molar-refractivity contribution in [3.05, 3.63) is 54.6 Å². The third-order valence-corrected chi connectivity index (χ3v) is 7.49. The van der Waals surface area contributed by atoms with Crippen LogP contribution in [0, 0.1) is 5.92 Å². The molecule has 1 aromatic carbocycles. The van der Waals surface area contributed by atoms with Gasteiger partial charge in [0, 0.05) is 9.35 Å². The maximum Gasteiger partial charge on any atom is 0.0843 e. The third kappa shape index (κ3) is 2.43. The van der Waals surface area contributed by atoms with Crippen molar-refractivity contribution < 1.29 is 0 Å². The van der Waals surface area contributed by atoms with Gasteiger partial charge in [0.1, 0.15) is 0 Å². The Morgan fingerprint density at radius 2 is 1.78 bits per heavy atom. The molecule has 0 spiro atoms. The molecule has 0 N–H and O–H groups in total. The first-order valence-electron chi connectivity index (χ1n) is 5.80. The predicted octanol–water partition coefficient (Wildman–Crippen LogP) is 5.97. The standard InChI is InChI=1S/C14H11Br2ClS/c15-11-7-12(18-14(11)16)13(17)10-5-8-3-1-2-4-9(8)6-10/h1-4,7,10,13H,5-6H2. The van der Waals surface area contributed by atoms with E-state index in [1.54, 1.807) is 11.3 Å². The number of hydrogen-bond donors (Lipinski definition) is 0. The van der Waals surface area contributed by atoms with E-state index in [4.69, 9.17) is 11.6 Å². The number of thiophene rings is 1. The van der Waals surface area contributed by atoms with Gasteiger partial charge in [-0.3, -0.25) is 0 Å². The molecule has 1 heterocycles. The lowest BCUT2D eigenvalue weighted by Gasteiger charge is -2.14. The van der Waals surface area contributed by atoms with Gasteiger partial charge in [-0.05, 0) is 67.8 Å². The van der Waals surface area contributed by atoms with Crippen LogP contribution in [0.3, 0.4) is 0 Å². The average molecular weight is 407 g/mol. The van der Waals surface area contributed by atoms with Crippen molar-refractivity contribution in [2.75, 3.05) is 0 Å². The molecule has 0 nitrogen and oxygen atoms in total. The van der Waals surface area contributed by atoms with E-state index in [-0.39, 0.29) is 5.38 Å². The first-order chi connectivity index (χ1) is 8.65. The van der Waals surface area contributed by atoms with Crippen LogP contribution in [0.15, 0.2) is 38.6 Å². The SMILES string of the molecule is ClC(c1cc(Br)c(Br)s1)C1Cc2ccccc2C1. The van der Waals surface area contributed by atoms with E-state index in [1.165, 1.54) is 16.0 Å². The molecule has 1 aliphatic carbocycles. The molecule has 2 aromatic rings. The molecule has 0 aliphatic heterocycles. The summed E-state index contributed by atoms with van der Waals surface area (Å²) < 4.78 is 2.22. The minimum absolute atomic E-state index is 0.102. The zero-order chi connectivity index (χ0) is 12.7. The molecule has 0 saturated heterocycles. The molecule has 0 radical (unpaired) electrons. The van der Waals surface area contributed by atoms with Crippen molar-refractivity contribution in [3.8, 4) is 0 Å². The number of fused-ring (bicyclic) bond motifs is 1. The molecule has 1 unspecified atom stereocenters. The Kier molecular flexibility index (Phi) is 3.86. The van der Waals surface area contributed by atoms with Crippen LogP contribution in [0.5, 0.6) is 0 Å². The van der Waals surface area contributed by atoms with Crippen molar-refractivity contribution in [2.24, 2.45) is 5.92 Å². The Morgan fingerprint density at radius 3 is 2.28 bits per heavy atom. The Hall–Kier alpha value is 0.170. The van der Waals surface area contributed by atoms with Crippen molar-refractivity contribution in [1.29, 1.82) is 0 Å². The molecule has 0 saturated carbocycles. The van der Waals surface area contributed by atoms with Gasteiger partial charge >= 0.3 is 0 Å². The quantitative estimate of drug-likeness (QED) is 0.539. The van der Waals surface area contributed by atoms with Gasteiger partial charge in [0.25, 0.3) is 0 Å². The van der Waals surface area contributed by atoms with Crippen LogP contribution in [-0.2, 0) is 12.8 Å². The van der Waals surface area contributed by atoms with Gasteiger partial charge in [0.05, 0.1) is 9.16 Å². The lowest BCUT2D eigenvalue weighted by molar-refractivity contribution is 0.546. The zero-order valence-electron chi connectivity index (χ0n) is 9.50. The van der Waals surface area contributed by atoms with Crippen LogP contribution >= 0.6 is 54.8 Å². The molecule has 3 rings (SSSR count). The van der Waals surface area contributed by atoms with Crippen LogP contribution in [0.2, 0.25) is 0 Å². The summed E-state index contributed by atoms with van der Waals surface area (Å²) >= 11 is 15.4. The summed E-state index contributed by atoms with van der Waals surface area (Å²) in [5, 5.41) is 0.102. The Bertz CT molecular complexity index is 534. The summed E-state index contributed by atoms with van der Waals surface area (Å²) in [6.07, 6.45) is 2.19. The van der Waals surface area contributed by atoms with E-state index in [1.807, 2.05) is 0 Å². The second-order valence-electron chi connectivity index (χ2n) is 4.61. The van der Waals surface area contributed by atoms with Gasteiger partial charge in [-0.2, -0.15) is 0 Å². The largest absolute Gasteiger partial charge is 0.130 e. The molecule has 4 heteroatoms. The monoisotopic (exact) mass is 404 g/mol. The van der Waals surface area contributed by atoms with Crippen molar-refractivity contribution in [3.63, 3.8) is 0 Å². The van der Waals surface area contributed by atoms with E-state index >= 15 is 0 Å². The van der Waals surface area contributed by atoms with Crippen molar-refractivity contribution >= 4 is 54.8 Å². The van der Waals surface area contributed by atoms with Crippen LogP contribution in [-0.4, -0.2) is 0 Å². The second kappa shape index (κ2) is 5.28. The number of alkyl halides is 1. The molecule has 94 valence electrons. The maximum atomic E-state index is 6.66. The Morgan fingerprint density at radius 1 is 1.17 bits per heavy atom. The lowest BCUT2D eigenvalue weighted by atomic mass is 10.0. The average Bonchev–Trinajstić information content (AvgIpc) is 2.93. The highest BCUT2D eigenvalue weighted by atomic mass is 79.9. The minimum atomic E-state index is 0.102. The van der Waals surface area contributed by atoms with E-state index < -0.39 is 0 Å². The summed E-state index contributed by atoms with van der Waals surface area (Å²) in [7, 11) is 0. The molecule has 0 fully saturated rings. The summed E-state index contributed by atoms with van der Waals surface area (Å²) in [5.74, 6) is 0.515. The fraction of sp³-hybridized carbons (Fsp3) is 0.286. The van der Waals surface area contributed by atoms with Gasteiger partial charge in [-0.25, -0.2) is 0 Å². The van der Waals surface area contributed by atoms with E-state index in [0.29, 0.717) is 5.92 Å². The van der Waals surface area contributed by atoms with Crippen LogP contribution in [0.25, 0.3) is 0 Å². The Labute approximate surface area is 133 Å². The van der Waals surface area contributed by atoms with Crippen molar-refractivity contribution in [1.82, 2.24) is 0 Å². The zero-order valence-corrected chi connectivity index (χ0v) is 14.2. The molecule has 1 atom stereocenters. The summed E-state index contributed by atoms with van der Waals surface area (Å²) in [5.41, 5.74) is 2.92. The molecule has 1 aliphatic rings.